The molecule has 0 unspecified atom stereocenters. The molecule has 0 saturated heterocycles. The summed E-state index contributed by atoms with van der Waals surface area (Å²) < 4.78 is 11.1. The van der Waals surface area contributed by atoms with Gasteiger partial charge in [-0.1, -0.05) is 60.2 Å². The average molecular weight is 492 g/mol. The molecule has 0 fully saturated rings. The van der Waals surface area contributed by atoms with Gasteiger partial charge in [0.15, 0.2) is 6.61 Å². The zero-order chi connectivity index (χ0) is 26.2. The van der Waals surface area contributed by atoms with Gasteiger partial charge in [0.05, 0.1) is 13.7 Å². The predicted octanol–water partition coefficient (Wildman–Crippen LogP) is 1.56. The van der Waals surface area contributed by atoms with Crippen LogP contribution in [0.25, 0.3) is 6.08 Å². The van der Waals surface area contributed by atoms with Crippen LogP contribution in [0.4, 0.5) is 5.82 Å². The molecule has 0 radical (unpaired) electrons. The fraction of sp³-hybridized carbons (Fsp3) is 0.192. The number of carbonyl (C=O) groups is 3. The minimum atomic E-state index is -1.08. The monoisotopic (exact) mass is 491 g/mol. The molecule has 0 spiro atoms. The van der Waals surface area contributed by atoms with E-state index in [-0.39, 0.29) is 6.54 Å². The van der Waals surface area contributed by atoms with E-state index in [0.29, 0.717) is 10.1 Å². The molecular weight excluding hydrogens is 466 g/mol. The van der Waals surface area contributed by atoms with E-state index in [1.54, 1.807) is 30.3 Å². The van der Waals surface area contributed by atoms with E-state index >= 15 is 0 Å². The number of hydrogen-bond donors (Lipinski definition) is 1. The van der Waals surface area contributed by atoms with Crippen LogP contribution in [0.2, 0.25) is 0 Å². The first-order valence-corrected chi connectivity index (χ1v) is 10.9. The van der Waals surface area contributed by atoms with Crippen molar-refractivity contribution < 1.29 is 23.9 Å². The van der Waals surface area contributed by atoms with Gasteiger partial charge in [0, 0.05) is 6.08 Å². The molecule has 10 heteroatoms. The van der Waals surface area contributed by atoms with Crippen LogP contribution >= 0.6 is 0 Å². The first-order chi connectivity index (χ1) is 17.2. The van der Waals surface area contributed by atoms with E-state index in [2.05, 4.69) is 4.74 Å². The molecule has 0 aliphatic heterocycles. The van der Waals surface area contributed by atoms with Crippen LogP contribution in [-0.4, -0.2) is 40.6 Å². The molecule has 2 aromatic carbocycles. The summed E-state index contributed by atoms with van der Waals surface area (Å²) >= 11 is 0. The number of esters is 2. The number of nitrogens with two attached hydrogens (primary N) is 1. The average Bonchev–Trinajstić information content (AvgIpc) is 2.88. The van der Waals surface area contributed by atoms with Crippen LogP contribution in [-0.2, 0) is 32.2 Å². The number of rotatable bonds is 9. The topological polar surface area (TPSA) is 140 Å². The van der Waals surface area contributed by atoms with E-state index in [9.17, 15) is 24.0 Å². The summed E-state index contributed by atoms with van der Waals surface area (Å²) in [5.41, 5.74) is 6.03. The van der Waals surface area contributed by atoms with Gasteiger partial charge in [-0.15, -0.1) is 0 Å². The Kier molecular flexibility index (Phi) is 8.35. The fourth-order valence-corrected chi connectivity index (χ4v) is 3.33. The number of carbonyl (C=O) groups excluding carboxylic acids is 3. The molecule has 1 heterocycles. The molecule has 0 bridgehead atoms. The highest BCUT2D eigenvalue weighted by Crippen LogP contribution is 2.10. The summed E-state index contributed by atoms with van der Waals surface area (Å²) in [6, 6.07) is 16.1. The number of aryl methyl sites for hydroxylation is 1. The van der Waals surface area contributed by atoms with E-state index in [0.717, 1.165) is 28.9 Å². The third kappa shape index (κ3) is 6.23. The minimum absolute atomic E-state index is 0.0632. The summed E-state index contributed by atoms with van der Waals surface area (Å²) in [7, 11) is 1.10. The van der Waals surface area contributed by atoms with Crippen LogP contribution in [0.1, 0.15) is 27.0 Å². The predicted molar refractivity (Wildman–Crippen MR) is 132 cm³/mol. The Morgan fingerprint density at radius 3 is 2.28 bits per heavy atom. The molecule has 0 aliphatic carbocycles. The maximum absolute atomic E-state index is 13.0. The first kappa shape index (κ1) is 25.9. The third-order valence-corrected chi connectivity index (χ3v) is 5.28. The van der Waals surface area contributed by atoms with Crippen LogP contribution in [0, 0.1) is 6.92 Å². The second-order valence-corrected chi connectivity index (χ2v) is 7.86. The molecule has 0 atom stereocenters. The van der Waals surface area contributed by atoms with E-state index in [1.807, 2.05) is 31.2 Å². The molecule has 0 amide bonds. The minimum Gasteiger partial charge on any atom is -0.468 e. The summed E-state index contributed by atoms with van der Waals surface area (Å²) in [5, 5.41) is 0. The lowest BCUT2D eigenvalue weighted by molar-refractivity contribution is -0.141. The summed E-state index contributed by atoms with van der Waals surface area (Å²) in [6.07, 6.45) is 2.66. The molecule has 3 rings (SSSR count). The highest BCUT2D eigenvalue weighted by molar-refractivity contribution is 6.02. The van der Waals surface area contributed by atoms with Crippen molar-refractivity contribution in [3.63, 3.8) is 0 Å². The molecular formula is C26H25N3O7. The van der Waals surface area contributed by atoms with Crippen molar-refractivity contribution in [1.82, 2.24) is 9.13 Å². The van der Waals surface area contributed by atoms with Gasteiger partial charge in [-0.2, -0.15) is 0 Å². The van der Waals surface area contributed by atoms with Gasteiger partial charge in [0.25, 0.3) is 5.56 Å². The Labute approximate surface area is 206 Å². The number of benzene rings is 2. The summed E-state index contributed by atoms with van der Waals surface area (Å²) in [6.45, 7) is 0.356. The van der Waals surface area contributed by atoms with Crippen molar-refractivity contribution in [2.75, 3.05) is 19.5 Å². The van der Waals surface area contributed by atoms with Crippen molar-refractivity contribution in [3.8, 4) is 0 Å². The highest BCUT2D eigenvalue weighted by atomic mass is 16.5. The maximum Gasteiger partial charge on any atom is 0.333 e. The number of aromatic nitrogens is 2. The number of methoxy groups -OCH3 is 1. The van der Waals surface area contributed by atoms with E-state index in [4.69, 9.17) is 10.5 Å². The van der Waals surface area contributed by atoms with Gasteiger partial charge in [0.1, 0.15) is 17.9 Å². The van der Waals surface area contributed by atoms with E-state index in [1.165, 1.54) is 6.08 Å². The zero-order valence-electron chi connectivity index (χ0n) is 19.8. The Morgan fingerprint density at radius 1 is 0.972 bits per heavy atom. The molecule has 3 aromatic rings. The normalized spacial score (nSPS) is 10.8. The van der Waals surface area contributed by atoms with Crippen molar-refractivity contribution in [2.24, 2.45) is 0 Å². The van der Waals surface area contributed by atoms with Crippen LogP contribution in [0.5, 0.6) is 0 Å². The van der Waals surface area contributed by atoms with Crippen LogP contribution < -0.4 is 17.0 Å². The standard InChI is InChI=1S/C26H25N3O7/c1-17-8-10-18(11-9-17)12-13-21(31)36-16-20(30)23-24(27)28(14-19-6-4-3-5-7-19)26(34)29(25(23)33)15-22(32)35-2/h3-13H,14-16,27H2,1-2H3/b13-12+. The van der Waals surface area contributed by atoms with Gasteiger partial charge in [-0.05, 0) is 24.1 Å². The Morgan fingerprint density at radius 2 is 1.64 bits per heavy atom. The van der Waals surface area contributed by atoms with Gasteiger partial charge in [0.2, 0.25) is 5.78 Å². The molecule has 10 nitrogen and oxygen atoms in total. The fourth-order valence-electron chi connectivity index (χ4n) is 3.33. The van der Waals surface area contributed by atoms with Crippen LogP contribution in [0.3, 0.4) is 0 Å². The number of ketones is 1. The van der Waals surface area contributed by atoms with Gasteiger partial charge in [-0.25, -0.2) is 14.2 Å². The van der Waals surface area contributed by atoms with Crippen molar-refractivity contribution in [1.29, 1.82) is 0 Å². The van der Waals surface area contributed by atoms with Gasteiger partial charge >= 0.3 is 17.6 Å². The van der Waals surface area contributed by atoms with Crippen molar-refractivity contribution >= 4 is 29.6 Å². The second kappa shape index (κ2) is 11.6. The van der Waals surface area contributed by atoms with Gasteiger partial charge < -0.3 is 15.2 Å². The van der Waals surface area contributed by atoms with Crippen molar-refractivity contribution in [3.05, 3.63) is 104 Å². The van der Waals surface area contributed by atoms with Crippen LogP contribution in [0.15, 0.2) is 70.3 Å². The number of anilines is 1. The Balaban J connectivity index is 1.89. The number of ether oxygens (including phenoxy) is 2. The number of hydrogen-bond acceptors (Lipinski definition) is 8. The molecule has 0 saturated carbocycles. The number of nitrogen functional groups attached to an aromatic ring is 1. The molecule has 1 aromatic heterocycles. The molecule has 186 valence electrons. The van der Waals surface area contributed by atoms with E-state index < -0.39 is 53.5 Å². The second-order valence-electron chi connectivity index (χ2n) is 7.86. The molecule has 2 N–H and O–H groups in total. The lowest BCUT2D eigenvalue weighted by Gasteiger charge is -2.16. The zero-order valence-corrected chi connectivity index (χ0v) is 19.8. The maximum atomic E-state index is 13.0. The highest BCUT2D eigenvalue weighted by Gasteiger charge is 2.25. The molecule has 36 heavy (non-hydrogen) atoms. The Hall–Kier alpha value is -4.73. The third-order valence-electron chi connectivity index (χ3n) is 5.28. The number of Topliss-reactive ketones (excluding diaryl/α,β-unsaturated/α-hetero) is 1. The van der Waals surface area contributed by atoms with Crippen molar-refractivity contribution in [2.45, 2.75) is 20.0 Å². The quantitative estimate of drug-likeness (QED) is 0.270. The smallest absolute Gasteiger partial charge is 0.333 e. The first-order valence-electron chi connectivity index (χ1n) is 10.9. The lowest BCUT2D eigenvalue weighted by Crippen LogP contribution is -2.46. The molecule has 0 aliphatic rings. The van der Waals surface area contributed by atoms with Gasteiger partial charge in [-0.3, -0.25) is 19.0 Å². The summed E-state index contributed by atoms with van der Waals surface area (Å²) in [4.78, 5) is 62.8. The Bertz CT molecular complexity index is 1420. The largest absolute Gasteiger partial charge is 0.468 e. The number of nitrogens with zero attached hydrogens (tertiary/aromatic N) is 2. The lowest BCUT2D eigenvalue weighted by atomic mass is 10.1. The SMILES string of the molecule is COC(=O)Cn1c(=O)c(C(=O)COC(=O)/C=C/c2ccc(C)cc2)c(N)n(Cc2ccccc2)c1=O. The summed E-state index contributed by atoms with van der Waals surface area (Å²) in [5.74, 6) is -2.99.